The lowest BCUT2D eigenvalue weighted by Crippen LogP contribution is -2.41. The summed E-state index contributed by atoms with van der Waals surface area (Å²) in [5.74, 6) is 0.513. The van der Waals surface area contributed by atoms with Crippen molar-refractivity contribution in [3.8, 4) is 0 Å². The molecule has 0 saturated heterocycles. The fraction of sp³-hybridized carbons (Fsp3) is 0.833. The van der Waals surface area contributed by atoms with E-state index in [-0.39, 0.29) is 23.5 Å². The van der Waals surface area contributed by atoms with E-state index in [0.717, 1.165) is 5.92 Å². The Balaban J connectivity index is 2.28. The van der Waals surface area contributed by atoms with Gasteiger partial charge in [-0.25, -0.2) is 0 Å². The predicted octanol–water partition coefficient (Wildman–Crippen LogP) is 1.91. The fourth-order valence-electron chi connectivity index (χ4n) is 1.95. The zero-order valence-corrected chi connectivity index (χ0v) is 9.93. The number of carbonyl (C=O) groups is 2. The van der Waals surface area contributed by atoms with Crippen LogP contribution in [0.2, 0.25) is 0 Å². The topological polar surface area (TPSA) is 46.2 Å². The van der Waals surface area contributed by atoms with Gasteiger partial charge in [0.05, 0.1) is 6.42 Å². The Morgan fingerprint density at radius 2 is 1.93 bits per heavy atom. The number of carbonyl (C=O) groups excluding carboxylic acids is 2. The van der Waals surface area contributed by atoms with Gasteiger partial charge in [-0.05, 0) is 31.1 Å². The Kier molecular flexibility index (Phi) is 3.89. The van der Waals surface area contributed by atoms with E-state index in [1.54, 1.807) is 0 Å². The Labute approximate surface area is 91.6 Å². The Bertz CT molecular complexity index is 254. The molecule has 0 aromatic rings. The van der Waals surface area contributed by atoms with Crippen molar-refractivity contribution < 1.29 is 9.59 Å². The minimum Gasteiger partial charge on any atom is -0.355 e. The monoisotopic (exact) mass is 211 g/mol. The highest BCUT2D eigenvalue weighted by Crippen LogP contribution is 2.41. The van der Waals surface area contributed by atoms with Gasteiger partial charge in [-0.15, -0.1) is 0 Å². The molecule has 0 bridgehead atoms. The second-order valence-corrected chi connectivity index (χ2v) is 5.27. The summed E-state index contributed by atoms with van der Waals surface area (Å²) in [6, 6.07) is 0. The van der Waals surface area contributed by atoms with Crippen LogP contribution in [0, 0.1) is 11.3 Å². The number of ketones is 1. The standard InChI is InChI=1S/C12H21NO2/c1-9(14)7-11(15)13-8-12(2,3)10-5-4-6-10/h10H,4-8H2,1-3H3,(H,13,15). The van der Waals surface area contributed by atoms with E-state index in [9.17, 15) is 9.59 Å². The molecule has 3 heteroatoms. The van der Waals surface area contributed by atoms with Gasteiger partial charge in [0.1, 0.15) is 5.78 Å². The first kappa shape index (κ1) is 12.2. The van der Waals surface area contributed by atoms with Crippen LogP contribution in [0.3, 0.4) is 0 Å². The second-order valence-electron chi connectivity index (χ2n) is 5.27. The van der Waals surface area contributed by atoms with E-state index in [2.05, 4.69) is 19.2 Å². The Hall–Kier alpha value is -0.860. The molecule has 1 amide bonds. The van der Waals surface area contributed by atoms with Gasteiger partial charge in [-0.1, -0.05) is 20.3 Å². The molecule has 0 radical (unpaired) electrons. The molecule has 86 valence electrons. The molecular weight excluding hydrogens is 190 g/mol. The molecule has 1 N–H and O–H groups in total. The lowest BCUT2D eigenvalue weighted by Gasteiger charge is -2.40. The van der Waals surface area contributed by atoms with Gasteiger partial charge >= 0.3 is 0 Å². The summed E-state index contributed by atoms with van der Waals surface area (Å²) in [5, 5.41) is 2.84. The first-order valence-electron chi connectivity index (χ1n) is 5.68. The van der Waals surface area contributed by atoms with Crippen LogP contribution < -0.4 is 5.32 Å². The molecule has 3 nitrogen and oxygen atoms in total. The third-order valence-corrected chi connectivity index (χ3v) is 3.36. The third kappa shape index (κ3) is 3.65. The van der Waals surface area contributed by atoms with Crippen LogP contribution in [0.15, 0.2) is 0 Å². The van der Waals surface area contributed by atoms with Gasteiger partial charge in [0.25, 0.3) is 0 Å². The Morgan fingerprint density at radius 3 is 2.33 bits per heavy atom. The third-order valence-electron chi connectivity index (χ3n) is 3.36. The fourth-order valence-corrected chi connectivity index (χ4v) is 1.95. The van der Waals surface area contributed by atoms with E-state index in [0.29, 0.717) is 6.54 Å². The van der Waals surface area contributed by atoms with Crippen molar-refractivity contribution in [3.05, 3.63) is 0 Å². The van der Waals surface area contributed by atoms with E-state index in [1.807, 2.05) is 0 Å². The molecule has 1 aliphatic rings. The Morgan fingerprint density at radius 1 is 1.33 bits per heavy atom. The number of hydrogen-bond donors (Lipinski definition) is 1. The average Bonchev–Trinajstić information content (AvgIpc) is 1.95. The van der Waals surface area contributed by atoms with Gasteiger partial charge < -0.3 is 5.32 Å². The highest BCUT2D eigenvalue weighted by atomic mass is 16.2. The molecule has 0 spiro atoms. The summed E-state index contributed by atoms with van der Waals surface area (Å²) in [6.07, 6.45) is 3.88. The van der Waals surface area contributed by atoms with Crippen LogP contribution in [-0.4, -0.2) is 18.2 Å². The minimum atomic E-state index is -0.144. The summed E-state index contributed by atoms with van der Waals surface area (Å²) in [6.45, 7) is 6.50. The molecule has 0 atom stereocenters. The van der Waals surface area contributed by atoms with Crippen molar-refractivity contribution in [2.45, 2.75) is 46.5 Å². The quantitative estimate of drug-likeness (QED) is 0.706. The number of nitrogens with one attached hydrogen (secondary N) is 1. The summed E-state index contributed by atoms with van der Waals surface area (Å²) >= 11 is 0. The lowest BCUT2D eigenvalue weighted by atomic mass is 9.67. The summed E-state index contributed by atoms with van der Waals surface area (Å²) in [5.41, 5.74) is 0.171. The second kappa shape index (κ2) is 4.77. The number of rotatable bonds is 5. The molecule has 1 saturated carbocycles. The van der Waals surface area contributed by atoms with E-state index in [1.165, 1.54) is 26.2 Å². The van der Waals surface area contributed by atoms with Crippen LogP contribution in [0.1, 0.15) is 46.5 Å². The van der Waals surface area contributed by atoms with E-state index in [4.69, 9.17) is 0 Å². The van der Waals surface area contributed by atoms with Crippen LogP contribution in [0.25, 0.3) is 0 Å². The molecule has 0 heterocycles. The maximum Gasteiger partial charge on any atom is 0.227 e. The molecule has 0 aliphatic heterocycles. The molecular formula is C12H21NO2. The zero-order valence-electron chi connectivity index (χ0n) is 9.93. The molecule has 1 fully saturated rings. The van der Waals surface area contributed by atoms with Crippen molar-refractivity contribution in [1.29, 1.82) is 0 Å². The SMILES string of the molecule is CC(=O)CC(=O)NCC(C)(C)C1CCC1. The van der Waals surface area contributed by atoms with Crippen LogP contribution in [-0.2, 0) is 9.59 Å². The van der Waals surface area contributed by atoms with E-state index >= 15 is 0 Å². The van der Waals surface area contributed by atoms with Gasteiger partial charge in [0.2, 0.25) is 5.91 Å². The molecule has 0 aromatic carbocycles. The smallest absolute Gasteiger partial charge is 0.227 e. The zero-order chi connectivity index (χ0) is 11.5. The van der Waals surface area contributed by atoms with Crippen molar-refractivity contribution in [1.82, 2.24) is 5.32 Å². The maximum atomic E-state index is 11.3. The van der Waals surface area contributed by atoms with Crippen LogP contribution >= 0.6 is 0 Å². The van der Waals surface area contributed by atoms with E-state index < -0.39 is 0 Å². The first-order valence-corrected chi connectivity index (χ1v) is 5.68. The molecule has 1 rings (SSSR count). The molecule has 0 unspecified atom stereocenters. The molecule has 0 aromatic heterocycles. The highest BCUT2D eigenvalue weighted by molar-refractivity contribution is 5.96. The van der Waals surface area contributed by atoms with Crippen LogP contribution in [0.5, 0.6) is 0 Å². The minimum absolute atomic E-state index is 0.0146. The normalized spacial score (nSPS) is 17.0. The summed E-state index contributed by atoms with van der Waals surface area (Å²) in [7, 11) is 0. The summed E-state index contributed by atoms with van der Waals surface area (Å²) < 4.78 is 0. The van der Waals surface area contributed by atoms with Crippen LogP contribution in [0.4, 0.5) is 0 Å². The number of hydrogen-bond acceptors (Lipinski definition) is 2. The molecule has 15 heavy (non-hydrogen) atoms. The van der Waals surface area contributed by atoms with Gasteiger partial charge in [0.15, 0.2) is 0 Å². The summed E-state index contributed by atoms with van der Waals surface area (Å²) in [4.78, 5) is 22.0. The van der Waals surface area contributed by atoms with Gasteiger partial charge in [0, 0.05) is 6.54 Å². The van der Waals surface area contributed by atoms with Crippen molar-refractivity contribution in [2.75, 3.05) is 6.54 Å². The molecule has 1 aliphatic carbocycles. The van der Waals surface area contributed by atoms with Gasteiger partial charge in [-0.3, -0.25) is 9.59 Å². The number of Topliss-reactive ketones (excluding diaryl/α,β-unsaturated/α-hetero) is 1. The number of amides is 1. The van der Waals surface area contributed by atoms with Gasteiger partial charge in [-0.2, -0.15) is 0 Å². The van der Waals surface area contributed by atoms with Crippen molar-refractivity contribution >= 4 is 11.7 Å². The maximum absolute atomic E-state index is 11.3. The highest BCUT2D eigenvalue weighted by Gasteiger charge is 2.33. The first-order chi connectivity index (χ1) is 6.92. The average molecular weight is 211 g/mol. The predicted molar refractivity (Wildman–Crippen MR) is 59.4 cm³/mol. The lowest BCUT2D eigenvalue weighted by molar-refractivity contribution is -0.127. The largest absolute Gasteiger partial charge is 0.355 e. The van der Waals surface area contributed by atoms with Crippen molar-refractivity contribution in [2.24, 2.45) is 11.3 Å². The van der Waals surface area contributed by atoms with Crippen molar-refractivity contribution in [3.63, 3.8) is 0 Å².